The number of benzene rings is 2. The maximum Gasteiger partial charge on any atom is 0.291 e. The van der Waals surface area contributed by atoms with Gasteiger partial charge in [-0.25, -0.2) is 0 Å². The molecule has 0 unspecified atom stereocenters. The number of carbonyl (C=O) groups is 1. The first-order valence-corrected chi connectivity index (χ1v) is 8.21. The second kappa shape index (κ2) is 6.89. The van der Waals surface area contributed by atoms with Crippen LogP contribution in [0.4, 0.5) is 5.69 Å². The van der Waals surface area contributed by atoms with Crippen molar-refractivity contribution in [3.8, 4) is 11.3 Å². The number of amides is 1. The third-order valence-corrected chi connectivity index (χ3v) is 4.79. The summed E-state index contributed by atoms with van der Waals surface area (Å²) in [5, 5.41) is 3.97. The molecule has 1 N–H and O–H groups in total. The largest absolute Gasteiger partial charge is 0.451 e. The smallest absolute Gasteiger partial charge is 0.291 e. The van der Waals surface area contributed by atoms with E-state index in [1.54, 1.807) is 36.4 Å². The molecule has 0 saturated carbocycles. The molecule has 1 amide bonds. The third kappa shape index (κ3) is 3.29. The second-order valence-corrected chi connectivity index (χ2v) is 6.32. The van der Waals surface area contributed by atoms with Crippen LogP contribution in [0.2, 0.25) is 15.1 Å². The first-order valence-electron chi connectivity index (χ1n) is 7.08. The number of rotatable bonds is 3. The number of nitrogens with one attached hydrogen (secondary N) is 1. The van der Waals surface area contributed by atoms with Crippen LogP contribution in [0, 0.1) is 6.92 Å². The Labute approximate surface area is 154 Å². The molecule has 1 heterocycles. The van der Waals surface area contributed by atoms with E-state index in [1.807, 2.05) is 19.1 Å². The summed E-state index contributed by atoms with van der Waals surface area (Å²) in [6.07, 6.45) is 0. The summed E-state index contributed by atoms with van der Waals surface area (Å²) in [7, 11) is 0. The van der Waals surface area contributed by atoms with Crippen LogP contribution in [-0.4, -0.2) is 5.91 Å². The molecule has 0 aliphatic heterocycles. The number of halogens is 3. The number of furan rings is 1. The third-order valence-electron chi connectivity index (χ3n) is 3.56. The van der Waals surface area contributed by atoms with E-state index in [0.717, 1.165) is 11.1 Å². The van der Waals surface area contributed by atoms with Gasteiger partial charge in [-0.05, 0) is 42.8 Å². The summed E-state index contributed by atoms with van der Waals surface area (Å²) < 4.78 is 5.66. The molecule has 3 rings (SSSR count). The Kier molecular flexibility index (Phi) is 4.86. The van der Waals surface area contributed by atoms with Gasteiger partial charge in [0.05, 0.1) is 15.7 Å². The minimum atomic E-state index is -0.412. The normalized spacial score (nSPS) is 10.7. The van der Waals surface area contributed by atoms with Crippen LogP contribution in [0.1, 0.15) is 16.1 Å². The molecule has 0 bridgehead atoms. The Hall–Kier alpha value is -1.94. The van der Waals surface area contributed by atoms with Crippen molar-refractivity contribution in [3.05, 3.63) is 74.9 Å². The molecule has 122 valence electrons. The van der Waals surface area contributed by atoms with Crippen LogP contribution in [-0.2, 0) is 0 Å². The van der Waals surface area contributed by atoms with Crippen LogP contribution in [0.5, 0.6) is 0 Å². The van der Waals surface area contributed by atoms with Crippen molar-refractivity contribution in [1.29, 1.82) is 0 Å². The Balaban J connectivity index is 1.86. The second-order valence-electron chi connectivity index (χ2n) is 5.13. The topological polar surface area (TPSA) is 42.2 Å². The molecular formula is C18H12Cl3NO2. The van der Waals surface area contributed by atoms with E-state index < -0.39 is 5.91 Å². The van der Waals surface area contributed by atoms with Gasteiger partial charge in [0.1, 0.15) is 5.76 Å². The Morgan fingerprint density at radius 3 is 2.46 bits per heavy atom. The van der Waals surface area contributed by atoms with Crippen molar-refractivity contribution in [1.82, 2.24) is 0 Å². The summed E-state index contributed by atoms with van der Waals surface area (Å²) in [6, 6.07) is 13.9. The maximum absolute atomic E-state index is 12.3. The Morgan fingerprint density at radius 1 is 0.958 bits per heavy atom. The van der Waals surface area contributed by atoms with E-state index in [0.29, 0.717) is 21.5 Å². The number of hydrogen-bond acceptors (Lipinski definition) is 2. The van der Waals surface area contributed by atoms with Crippen molar-refractivity contribution >= 4 is 46.4 Å². The average Bonchev–Trinajstić information content (AvgIpc) is 3.04. The lowest BCUT2D eigenvalue weighted by Crippen LogP contribution is -2.11. The van der Waals surface area contributed by atoms with Gasteiger partial charge >= 0.3 is 0 Å². The molecule has 0 aliphatic carbocycles. The van der Waals surface area contributed by atoms with Gasteiger partial charge in [-0.1, -0.05) is 53.0 Å². The highest BCUT2D eigenvalue weighted by Crippen LogP contribution is 2.32. The van der Waals surface area contributed by atoms with Crippen LogP contribution in [0.25, 0.3) is 11.3 Å². The molecular weight excluding hydrogens is 369 g/mol. The van der Waals surface area contributed by atoms with E-state index in [-0.39, 0.29) is 10.8 Å². The number of hydrogen-bond donors (Lipinski definition) is 1. The lowest BCUT2D eigenvalue weighted by Gasteiger charge is -2.07. The molecule has 6 heteroatoms. The van der Waals surface area contributed by atoms with Crippen molar-refractivity contribution in [2.24, 2.45) is 0 Å². The van der Waals surface area contributed by atoms with E-state index in [2.05, 4.69) is 5.32 Å². The van der Waals surface area contributed by atoms with Gasteiger partial charge in [0.15, 0.2) is 5.76 Å². The summed E-state index contributed by atoms with van der Waals surface area (Å²) in [4.78, 5) is 12.3. The van der Waals surface area contributed by atoms with E-state index in [4.69, 9.17) is 39.2 Å². The molecule has 0 atom stereocenters. The number of anilines is 1. The van der Waals surface area contributed by atoms with Gasteiger partial charge in [0.2, 0.25) is 0 Å². The summed E-state index contributed by atoms with van der Waals surface area (Å²) >= 11 is 18.1. The van der Waals surface area contributed by atoms with Gasteiger partial charge in [-0.3, -0.25) is 4.79 Å². The highest BCUT2D eigenvalue weighted by molar-refractivity contribution is 6.44. The molecule has 1 aromatic heterocycles. The lowest BCUT2D eigenvalue weighted by molar-refractivity contribution is 0.0997. The molecule has 0 saturated heterocycles. The zero-order valence-electron chi connectivity index (χ0n) is 12.6. The molecule has 24 heavy (non-hydrogen) atoms. The van der Waals surface area contributed by atoms with Gasteiger partial charge < -0.3 is 9.73 Å². The van der Waals surface area contributed by atoms with E-state index >= 15 is 0 Å². The predicted octanol–water partition coefficient (Wildman–Crippen LogP) is 6.47. The molecule has 0 spiro atoms. The summed E-state index contributed by atoms with van der Waals surface area (Å²) in [5.74, 6) is 0.322. The van der Waals surface area contributed by atoms with Crippen LogP contribution in [0.15, 0.2) is 52.9 Å². The highest BCUT2D eigenvalue weighted by atomic mass is 35.5. The molecule has 2 aromatic carbocycles. The molecule has 0 fully saturated rings. The van der Waals surface area contributed by atoms with E-state index in [9.17, 15) is 4.79 Å². The summed E-state index contributed by atoms with van der Waals surface area (Å²) in [6.45, 7) is 1.89. The SMILES string of the molecule is Cc1c(Cl)cccc1-c1ccc(C(=O)Nc2cccc(Cl)c2Cl)o1. The van der Waals surface area contributed by atoms with Crippen LogP contribution >= 0.6 is 34.8 Å². The standard InChI is InChI=1S/C18H12Cl3NO2/c1-10-11(4-2-5-12(10)19)15-8-9-16(24-15)18(23)22-14-7-3-6-13(20)17(14)21/h2-9H,1H3,(H,22,23). The van der Waals surface area contributed by atoms with Crippen molar-refractivity contribution in [2.45, 2.75) is 6.92 Å². The summed E-state index contributed by atoms with van der Waals surface area (Å²) in [5.41, 5.74) is 2.15. The van der Waals surface area contributed by atoms with Crippen LogP contribution in [0.3, 0.4) is 0 Å². The zero-order chi connectivity index (χ0) is 17.3. The predicted molar refractivity (Wildman–Crippen MR) is 98.3 cm³/mol. The zero-order valence-corrected chi connectivity index (χ0v) is 14.8. The average molecular weight is 381 g/mol. The van der Waals surface area contributed by atoms with Crippen molar-refractivity contribution < 1.29 is 9.21 Å². The van der Waals surface area contributed by atoms with Gasteiger partial charge in [-0.15, -0.1) is 0 Å². The Morgan fingerprint density at radius 2 is 1.67 bits per heavy atom. The first-order chi connectivity index (χ1) is 11.5. The maximum atomic E-state index is 12.3. The van der Waals surface area contributed by atoms with Gasteiger partial charge in [0, 0.05) is 10.6 Å². The lowest BCUT2D eigenvalue weighted by atomic mass is 10.1. The minimum Gasteiger partial charge on any atom is -0.451 e. The Bertz CT molecular complexity index is 918. The first kappa shape index (κ1) is 16.9. The highest BCUT2D eigenvalue weighted by Gasteiger charge is 2.16. The fourth-order valence-electron chi connectivity index (χ4n) is 2.26. The quantitative estimate of drug-likeness (QED) is 0.566. The fraction of sp³-hybridized carbons (Fsp3) is 0.0556. The monoisotopic (exact) mass is 379 g/mol. The fourth-order valence-corrected chi connectivity index (χ4v) is 2.79. The van der Waals surface area contributed by atoms with Gasteiger partial charge in [0.25, 0.3) is 5.91 Å². The number of carbonyl (C=O) groups excluding carboxylic acids is 1. The van der Waals surface area contributed by atoms with Crippen molar-refractivity contribution in [3.63, 3.8) is 0 Å². The van der Waals surface area contributed by atoms with Gasteiger partial charge in [-0.2, -0.15) is 0 Å². The van der Waals surface area contributed by atoms with E-state index in [1.165, 1.54) is 0 Å². The molecule has 0 aliphatic rings. The van der Waals surface area contributed by atoms with Crippen LogP contribution < -0.4 is 5.32 Å². The molecule has 3 aromatic rings. The van der Waals surface area contributed by atoms with Crippen molar-refractivity contribution in [2.75, 3.05) is 5.32 Å². The molecule has 3 nitrogen and oxygen atoms in total. The molecule has 0 radical (unpaired) electrons. The minimum absolute atomic E-state index is 0.167.